The van der Waals surface area contributed by atoms with Gasteiger partial charge in [0.2, 0.25) is 10.0 Å². The lowest BCUT2D eigenvalue weighted by atomic mass is 10.1. The molecule has 0 aliphatic heterocycles. The Hall–Kier alpha value is -1.42. The highest BCUT2D eigenvalue weighted by molar-refractivity contribution is 7.88. The molecule has 0 fully saturated rings. The van der Waals surface area contributed by atoms with Crippen molar-refractivity contribution in [3.05, 3.63) is 35.4 Å². The molecule has 0 amide bonds. The van der Waals surface area contributed by atoms with Gasteiger partial charge in [-0.15, -0.1) is 0 Å². The van der Waals surface area contributed by atoms with Crippen molar-refractivity contribution < 1.29 is 13.3 Å². The average molecular weight is 268 g/mol. The highest BCUT2D eigenvalue weighted by atomic mass is 32.2. The number of hydrogen-bond acceptors (Lipinski definition) is 4. The number of benzene rings is 1. The SMILES string of the molecule is CC(C)CONS(=O)(=O)Cc1ccccc1C#N. The van der Waals surface area contributed by atoms with E-state index in [9.17, 15) is 8.42 Å². The highest BCUT2D eigenvalue weighted by Crippen LogP contribution is 2.10. The number of nitrogens with zero attached hydrogens (tertiary/aromatic N) is 1. The zero-order valence-electron chi connectivity index (χ0n) is 10.4. The summed E-state index contributed by atoms with van der Waals surface area (Å²) in [5.41, 5.74) is 0.812. The fourth-order valence-corrected chi connectivity index (χ4v) is 2.25. The molecule has 0 saturated carbocycles. The van der Waals surface area contributed by atoms with Crippen LogP contribution in [-0.4, -0.2) is 15.0 Å². The van der Waals surface area contributed by atoms with Gasteiger partial charge in [-0.05, 0) is 17.5 Å². The summed E-state index contributed by atoms with van der Waals surface area (Å²) in [5.74, 6) is -0.0337. The van der Waals surface area contributed by atoms with E-state index in [1.54, 1.807) is 24.3 Å². The van der Waals surface area contributed by atoms with Crippen LogP contribution in [-0.2, 0) is 20.6 Å². The summed E-state index contributed by atoms with van der Waals surface area (Å²) in [4.78, 5) is 6.94. The Morgan fingerprint density at radius 1 is 1.39 bits per heavy atom. The standard InChI is InChI=1S/C12H16N2O3S/c1-10(2)8-17-14-18(15,16)9-12-6-4-3-5-11(12)7-13/h3-6,10,14H,8-9H2,1-2H3. The largest absolute Gasteiger partial charge is 0.287 e. The molecule has 0 heterocycles. The van der Waals surface area contributed by atoms with Crippen molar-refractivity contribution in [1.82, 2.24) is 4.89 Å². The van der Waals surface area contributed by atoms with E-state index in [1.165, 1.54) is 0 Å². The van der Waals surface area contributed by atoms with Crippen LogP contribution in [0, 0.1) is 17.2 Å². The zero-order valence-corrected chi connectivity index (χ0v) is 11.2. The van der Waals surface area contributed by atoms with Crippen molar-refractivity contribution in [3.63, 3.8) is 0 Å². The van der Waals surface area contributed by atoms with Crippen LogP contribution in [0.3, 0.4) is 0 Å². The minimum absolute atomic E-state index is 0.235. The van der Waals surface area contributed by atoms with Gasteiger partial charge in [-0.1, -0.05) is 36.9 Å². The summed E-state index contributed by atoms with van der Waals surface area (Å²) in [6.45, 7) is 4.14. The first-order valence-corrected chi connectivity index (χ1v) is 7.19. The first-order valence-electron chi connectivity index (χ1n) is 5.54. The van der Waals surface area contributed by atoms with Crippen LogP contribution in [0.2, 0.25) is 0 Å². The summed E-state index contributed by atoms with van der Waals surface area (Å²) >= 11 is 0. The van der Waals surface area contributed by atoms with Gasteiger partial charge in [0.05, 0.1) is 24.0 Å². The lowest BCUT2D eigenvalue weighted by Crippen LogP contribution is -2.27. The van der Waals surface area contributed by atoms with Crippen LogP contribution in [0.15, 0.2) is 24.3 Å². The predicted octanol–water partition coefficient (Wildman–Crippen LogP) is 1.57. The molecule has 0 radical (unpaired) electrons. The smallest absolute Gasteiger partial charge is 0.237 e. The second-order valence-electron chi connectivity index (χ2n) is 4.32. The van der Waals surface area contributed by atoms with Crippen molar-refractivity contribution >= 4 is 10.0 Å². The van der Waals surface area contributed by atoms with Crippen molar-refractivity contribution in [1.29, 1.82) is 5.26 Å². The highest BCUT2D eigenvalue weighted by Gasteiger charge is 2.14. The van der Waals surface area contributed by atoms with E-state index in [2.05, 4.69) is 4.89 Å². The van der Waals surface area contributed by atoms with Crippen molar-refractivity contribution in [3.8, 4) is 6.07 Å². The monoisotopic (exact) mass is 268 g/mol. The third kappa shape index (κ3) is 4.84. The lowest BCUT2D eigenvalue weighted by molar-refractivity contribution is 0.0718. The summed E-state index contributed by atoms with van der Waals surface area (Å²) in [6, 6.07) is 8.54. The van der Waals surface area contributed by atoms with Gasteiger partial charge in [-0.2, -0.15) is 5.26 Å². The fourth-order valence-electron chi connectivity index (χ4n) is 1.28. The van der Waals surface area contributed by atoms with E-state index >= 15 is 0 Å². The Morgan fingerprint density at radius 2 is 2.06 bits per heavy atom. The van der Waals surface area contributed by atoms with Crippen LogP contribution in [0.25, 0.3) is 0 Å². The van der Waals surface area contributed by atoms with Gasteiger partial charge < -0.3 is 0 Å². The van der Waals surface area contributed by atoms with E-state index in [0.717, 1.165) is 0 Å². The van der Waals surface area contributed by atoms with Gasteiger partial charge in [0.1, 0.15) is 0 Å². The molecule has 6 heteroatoms. The molecule has 1 rings (SSSR count). The van der Waals surface area contributed by atoms with E-state index in [0.29, 0.717) is 17.7 Å². The molecule has 1 aromatic carbocycles. The van der Waals surface area contributed by atoms with Crippen LogP contribution < -0.4 is 4.89 Å². The molecule has 18 heavy (non-hydrogen) atoms. The molecular formula is C12H16N2O3S. The number of sulfonamides is 1. The van der Waals surface area contributed by atoms with Gasteiger partial charge >= 0.3 is 0 Å². The zero-order chi connectivity index (χ0) is 13.6. The van der Waals surface area contributed by atoms with Gasteiger partial charge in [0.15, 0.2) is 0 Å². The van der Waals surface area contributed by atoms with E-state index in [4.69, 9.17) is 10.1 Å². The molecule has 0 aliphatic rings. The molecule has 0 aliphatic carbocycles. The normalized spacial score (nSPS) is 11.4. The number of nitriles is 1. The lowest BCUT2D eigenvalue weighted by Gasteiger charge is -2.09. The van der Waals surface area contributed by atoms with Gasteiger partial charge in [-0.3, -0.25) is 4.84 Å². The maximum absolute atomic E-state index is 11.7. The van der Waals surface area contributed by atoms with Crippen molar-refractivity contribution in [2.24, 2.45) is 5.92 Å². The summed E-state index contributed by atoms with van der Waals surface area (Å²) in [7, 11) is -3.59. The molecule has 0 spiro atoms. The molecule has 1 N–H and O–H groups in total. The molecular weight excluding hydrogens is 252 g/mol. The number of hydrogen-bond donors (Lipinski definition) is 1. The maximum Gasteiger partial charge on any atom is 0.237 e. The van der Waals surface area contributed by atoms with Gasteiger partial charge in [0, 0.05) is 0 Å². The summed E-state index contributed by atoms with van der Waals surface area (Å²) in [5, 5.41) is 8.87. The molecule has 98 valence electrons. The van der Waals surface area contributed by atoms with Crippen LogP contribution >= 0.6 is 0 Å². The van der Waals surface area contributed by atoms with Crippen LogP contribution in [0.1, 0.15) is 25.0 Å². The predicted molar refractivity (Wildman–Crippen MR) is 67.7 cm³/mol. The third-order valence-corrected chi connectivity index (χ3v) is 3.15. The van der Waals surface area contributed by atoms with Crippen molar-refractivity contribution in [2.45, 2.75) is 19.6 Å². The minimum Gasteiger partial charge on any atom is -0.287 e. The average Bonchev–Trinajstić information content (AvgIpc) is 2.28. The molecule has 1 aromatic rings. The molecule has 0 atom stereocenters. The first kappa shape index (κ1) is 14.6. The third-order valence-electron chi connectivity index (χ3n) is 2.09. The second kappa shape index (κ2) is 6.50. The van der Waals surface area contributed by atoms with Gasteiger partial charge in [0.25, 0.3) is 0 Å². The topological polar surface area (TPSA) is 79.2 Å². The van der Waals surface area contributed by atoms with E-state index in [1.807, 2.05) is 19.9 Å². The molecule has 0 bridgehead atoms. The Labute approximate surface area is 107 Å². The van der Waals surface area contributed by atoms with E-state index < -0.39 is 10.0 Å². The van der Waals surface area contributed by atoms with E-state index in [-0.39, 0.29) is 11.7 Å². The first-order chi connectivity index (χ1) is 8.44. The Bertz CT molecular complexity index is 532. The summed E-state index contributed by atoms with van der Waals surface area (Å²) < 4.78 is 23.4. The molecule has 0 saturated heterocycles. The fraction of sp³-hybridized carbons (Fsp3) is 0.417. The minimum atomic E-state index is -3.59. The number of nitrogens with one attached hydrogen (secondary N) is 1. The van der Waals surface area contributed by atoms with Crippen LogP contribution in [0.5, 0.6) is 0 Å². The summed E-state index contributed by atoms with van der Waals surface area (Å²) in [6.07, 6.45) is 0. The molecule has 0 unspecified atom stereocenters. The molecule has 5 nitrogen and oxygen atoms in total. The van der Waals surface area contributed by atoms with Crippen molar-refractivity contribution in [2.75, 3.05) is 6.61 Å². The maximum atomic E-state index is 11.7. The Morgan fingerprint density at radius 3 is 2.67 bits per heavy atom. The second-order valence-corrected chi connectivity index (χ2v) is 6.00. The number of rotatable bonds is 6. The Kier molecular flexibility index (Phi) is 5.28. The van der Waals surface area contributed by atoms with Crippen LogP contribution in [0.4, 0.5) is 0 Å². The Balaban J connectivity index is 2.68. The molecule has 0 aromatic heterocycles. The quantitative estimate of drug-likeness (QED) is 0.794. The van der Waals surface area contributed by atoms with Gasteiger partial charge in [-0.25, -0.2) is 8.42 Å².